The highest BCUT2D eigenvalue weighted by Gasteiger charge is 2.54. The summed E-state index contributed by atoms with van der Waals surface area (Å²) in [6, 6.07) is 12.8. The smallest absolute Gasteiger partial charge is 0.272 e. The highest BCUT2D eigenvalue weighted by atomic mass is 16.3. The quantitative estimate of drug-likeness (QED) is 0.793. The fourth-order valence-corrected chi connectivity index (χ4v) is 4.38. The normalized spacial score (nSPS) is 22.6. The molecule has 0 unspecified atom stereocenters. The number of aromatic nitrogens is 1. The average molecular weight is 403 g/mol. The van der Waals surface area contributed by atoms with Crippen LogP contribution in [0, 0.1) is 11.8 Å². The van der Waals surface area contributed by atoms with Crippen molar-refractivity contribution in [2.45, 2.75) is 37.8 Å². The molecule has 6 heteroatoms. The van der Waals surface area contributed by atoms with Gasteiger partial charge in [0.25, 0.3) is 5.91 Å². The molecule has 0 bridgehead atoms. The Bertz CT molecular complexity index is 978. The van der Waals surface area contributed by atoms with Crippen LogP contribution in [0.5, 0.6) is 0 Å². The van der Waals surface area contributed by atoms with Gasteiger partial charge in [-0.25, -0.2) is 0 Å². The summed E-state index contributed by atoms with van der Waals surface area (Å²) in [4.78, 5) is 33.0. The number of piperazine rings is 1. The fourth-order valence-electron chi connectivity index (χ4n) is 4.38. The van der Waals surface area contributed by atoms with E-state index in [9.17, 15) is 14.7 Å². The maximum atomic E-state index is 12.8. The van der Waals surface area contributed by atoms with Crippen molar-refractivity contribution >= 4 is 11.8 Å². The van der Waals surface area contributed by atoms with E-state index in [4.69, 9.17) is 0 Å². The van der Waals surface area contributed by atoms with E-state index in [0.717, 1.165) is 24.0 Å². The largest absolute Gasteiger partial charge is 0.394 e. The summed E-state index contributed by atoms with van der Waals surface area (Å²) < 4.78 is 0. The molecule has 2 saturated heterocycles. The highest BCUT2D eigenvalue weighted by molar-refractivity contribution is 5.96. The summed E-state index contributed by atoms with van der Waals surface area (Å²) in [7, 11) is 0. The Morgan fingerprint density at radius 1 is 1.23 bits per heavy atom. The fraction of sp³-hybridized carbons (Fsp3) is 0.375. The predicted octanol–water partition coefficient (Wildman–Crippen LogP) is 2.04. The van der Waals surface area contributed by atoms with Crippen LogP contribution in [0.15, 0.2) is 48.7 Å². The molecule has 0 saturated carbocycles. The predicted molar refractivity (Wildman–Crippen MR) is 113 cm³/mol. The number of rotatable bonds is 4. The average Bonchev–Trinajstić information content (AvgIpc) is 2.76. The summed E-state index contributed by atoms with van der Waals surface area (Å²) in [5.41, 5.74) is 2.34. The zero-order valence-electron chi connectivity index (χ0n) is 17.0. The Balaban J connectivity index is 1.54. The van der Waals surface area contributed by atoms with Gasteiger partial charge in [-0.15, -0.1) is 0 Å². The molecule has 2 aromatic rings. The van der Waals surface area contributed by atoms with Gasteiger partial charge in [0.05, 0.1) is 18.7 Å². The van der Waals surface area contributed by atoms with Crippen molar-refractivity contribution < 1.29 is 14.7 Å². The van der Waals surface area contributed by atoms with Gasteiger partial charge in [-0.1, -0.05) is 37.0 Å². The summed E-state index contributed by atoms with van der Waals surface area (Å²) in [6.07, 6.45) is 3.48. The Hall–Kier alpha value is -3.17. The van der Waals surface area contributed by atoms with Gasteiger partial charge in [-0.2, -0.15) is 0 Å². The Morgan fingerprint density at radius 3 is 2.70 bits per heavy atom. The third-order valence-corrected chi connectivity index (χ3v) is 5.83. The lowest BCUT2D eigenvalue weighted by molar-refractivity contribution is -0.159. The van der Waals surface area contributed by atoms with Crippen LogP contribution < -0.4 is 0 Å². The number of aliphatic hydroxyl groups excluding tert-OH is 1. The molecular weight excluding hydrogens is 378 g/mol. The van der Waals surface area contributed by atoms with Crippen LogP contribution >= 0.6 is 0 Å². The van der Waals surface area contributed by atoms with Crippen molar-refractivity contribution in [1.82, 2.24) is 14.8 Å². The molecule has 3 heterocycles. The van der Waals surface area contributed by atoms with Crippen LogP contribution in [0.2, 0.25) is 0 Å². The summed E-state index contributed by atoms with van der Waals surface area (Å²) in [6.45, 7) is 2.45. The van der Waals surface area contributed by atoms with Crippen molar-refractivity contribution in [3.8, 4) is 11.8 Å². The molecule has 154 valence electrons. The molecule has 1 aromatic heterocycles. The van der Waals surface area contributed by atoms with Gasteiger partial charge in [-0.3, -0.25) is 14.6 Å². The van der Waals surface area contributed by atoms with Crippen LogP contribution in [0.25, 0.3) is 0 Å². The molecule has 30 heavy (non-hydrogen) atoms. The topological polar surface area (TPSA) is 73.7 Å². The molecule has 1 aromatic carbocycles. The van der Waals surface area contributed by atoms with Crippen molar-refractivity contribution in [3.05, 3.63) is 65.5 Å². The number of aliphatic hydroxyl groups is 1. The van der Waals surface area contributed by atoms with Crippen molar-refractivity contribution in [2.75, 3.05) is 19.7 Å². The van der Waals surface area contributed by atoms with Gasteiger partial charge in [0.2, 0.25) is 5.91 Å². The van der Waals surface area contributed by atoms with E-state index in [1.54, 1.807) is 34.2 Å². The van der Waals surface area contributed by atoms with E-state index in [1.807, 2.05) is 24.3 Å². The first-order valence-corrected chi connectivity index (χ1v) is 10.3. The Morgan fingerprint density at radius 2 is 2.03 bits per heavy atom. The molecule has 2 fully saturated rings. The standard InChI is InChI=1S/C24H25N3O3/c1-2-3-4-7-17-9-11-18(12-10-17)23-20-14-26(15-22(29)27(20)21(23)16-28)24(30)19-8-5-6-13-25-19/h5-6,8-13,20-21,23,28H,2-3,14-16H2,1H3/t20-,21-,23+/m1/s1. The number of unbranched alkanes of at least 4 members (excludes halogenated alkanes) is 1. The molecule has 0 radical (unpaired) electrons. The maximum absolute atomic E-state index is 12.8. The van der Waals surface area contributed by atoms with Gasteiger partial charge in [0.1, 0.15) is 12.2 Å². The van der Waals surface area contributed by atoms with Gasteiger partial charge in [0.15, 0.2) is 0 Å². The van der Waals surface area contributed by atoms with Gasteiger partial charge in [0, 0.05) is 30.6 Å². The molecule has 3 atom stereocenters. The zero-order valence-corrected chi connectivity index (χ0v) is 17.0. The number of amides is 2. The highest BCUT2D eigenvalue weighted by Crippen LogP contribution is 2.43. The number of carbonyl (C=O) groups is 2. The van der Waals surface area contributed by atoms with E-state index in [0.29, 0.717) is 12.2 Å². The van der Waals surface area contributed by atoms with E-state index in [2.05, 4.69) is 23.7 Å². The summed E-state index contributed by atoms with van der Waals surface area (Å²) >= 11 is 0. The van der Waals surface area contributed by atoms with Crippen LogP contribution in [0.4, 0.5) is 0 Å². The maximum Gasteiger partial charge on any atom is 0.272 e. The monoisotopic (exact) mass is 403 g/mol. The molecule has 1 N–H and O–H groups in total. The third kappa shape index (κ3) is 3.69. The molecule has 0 spiro atoms. The molecule has 2 amide bonds. The first-order chi connectivity index (χ1) is 14.6. The number of hydrogen-bond donors (Lipinski definition) is 1. The SMILES string of the molecule is CCCC#Cc1ccc([C@@H]2[C@@H](CO)N3C(=O)CN(C(=O)c4ccccn4)C[C@H]23)cc1. The minimum absolute atomic E-state index is 0.0150. The first kappa shape index (κ1) is 20.1. The van der Waals surface area contributed by atoms with Crippen molar-refractivity contribution in [1.29, 1.82) is 0 Å². The number of hydrogen-bond acceptors (Lipinski definition) is 4. The lowest BCUT2D eigenvalue weighted by Gasteiger charge is -2.58. The Labute approximate surface area is 176 Å². The summed E-state index contributed by atoms with van der Waals surface area (Å²) in [5.74, 6) is 5.90. The van der Waals surface area contributed by atoms with Crippen LogP contribution in [-0.2, 0) is 4.79 Å². The van der Waals surface area contributed by atoms with Crippen LogP contribution in [-0.4, -0.2) is 63.5 Å². The number of nitrogens with zero attached hydrogens (tertiary/aromatic N) is 3. The number of benzene rings is 1. The van der Waals surface area contributed by atoms with E-state index >= 15 is 0 Å². The lowest BCUT2D eigenvalue weighted by atomic mass is 9.73. The molecule has 2 aliphatic heterocycles. The second-order valence-corrected chi connectivity index (χ2v) is 7.72. The second kappa shape index (κ2) is 8.68. The molecule has 0 aliphatic carbocycles. The van der Waals surface area contributed by atoms with Crippen molar-refractivity contribution in [3.63, 3.8) is 0 Å². The van der Waals surface area contributed by atoms with E-state index < -0.39 is 0 Å². The minimum Gasteiger partial charge on any atom is -0.394 e. The molecular formula is C24H25N3O3. The molecule has 6 nitrogen and oxygen atoms in total. The van der Waals surface area contributed by atoms with Crippen LogP contribution in [0.1, 0.15) is 47.3 Å². The molecule has 2 aliphatic rings. The van der Waals surface area contributed by atoms with Crippen molar-refractivity contribution in [2.24, 2.45) is 0 Å². The first-order valence-electron chi connectivity index (χ1n) is 10.3. The van der Waals surface area contributed by atoms with Gasteiger partial charge < -0.3 is 14.9 Å². The van der Waals surface area contributed by atoms with E-state index in [-0.39, 0.29) is 43.0 Å². The molecule has 4 rings (SSSR count). The Kier molecular flexibility index (Phi) is 5.82. The zero-order chi connectivity index (χ0) is 21.1. The third-order valence-electron chi connectivity index (χ3n) is 5.83. The van der Waals surface area contributed by atoms with Crippen LogP contribution in [0.3, 0.4) is 0 Å². The van der Waals surface area contributed by atoms with E-state index in [1.165, 1.54) is 0 Å². The number of carbonyl (C=O) groups excluding carboxylic acids is 2. The lowest BCUT2D eigenvalue weighted by Crippen LogP contribution is -2.73. The second-order valence-electron chi connectivity index (χ2n) is 7.72. The number of fused-ring (bicyclic) bond motifs is 1. The summed E-state index contributed by atoms with van der Waals surface area (Å²) in [5, 5.41) is 9.92. The number of pyridine rings is 1. The van der Waals surface area contributed by atoms with Gasteiger partial charge in [-0.05, 0) is 36.2 Å². The minimum atomic E-state index is -0.258. The van der Waals surface area contributed by atoms with Gasteiger partial charge >= 0.3 is 0 Å².